The van der Waals surface area contributed by atoms with Crippen LogP contribution < -0.4 is 0 Å². The summed E-state index contributed by atoms with van der Waals surface area (Å²) in [6, 6.07) is 6.53. The number of piperidine rings is 1. The first-order valence-electron chi connectivity index (χ1n) is 7.23. The third-order valence-electron chi connectivity index (χ3n) is 4.93. The van der Waals surface area contributed by atoms with Crippen LogP contribution in [0.1, 0.15) is 31.2 Å². The van der Waals surface area contributed by atoms with Crippen LogP contribution in [0.4, 0.5) is 0 Å². The number of rotatable bonds is 3. The lowest BCUT2D eigenvalue weighted by Gasteiger charge is -2.35. The summed E-state index contributed by atoms with van der Waals surface area (Å²) < 4.78 is 0. The molecule has 2 fully saturated rings. The molecule has 2 atom stereocenters. The van der Waals surface area contributed by atoms with Crippen LogP contribution >= 0.6 is 23.2 Å². The number of hydrogen-bond acceptors (Lipinski definition) is 2. The summed E-state index contributed by atoms with van der Waals surface area (Å²) in [6.45, 7) is 0. The topological polar surface area (TPSA) is 20.3 Å². The predicted octanol–water partition coefficient (Wildman–Crippen LogP) is 3.98. The summed E-state index contributed by atoms with van der Waals surface area (Å²) in [4.78, 5) is 15.0. The van der Waals surface area contributed by atoms with Crippen LogP contribution in [-0.4, -0.2) is 29.8 Å². The van der Waals surface area contributed by atoms with E-state index in [1.165, 1.54) is 12.8 Å². The van der Waals surface area contributed by atoms with Gasteiger partial charge in [-0.15, -0.1) is 0 Å². The van der Waals surface area contributed by atoms with Crippen molar-refractivity contribution in [3.05, 3.63) is 33.8 Å². The van der Waals surface area contributed by atoms with E-state index in [1.807, 2.05) is 6.07 Å². The highest BCUT2D eigenvalue weighted by atomic mass is 35.5. The maximum absolute atomic E-state index is 12.5. The molecule has 2 aliphatic heterocycles. The van der Waals surface area contributed by atoms with Crippen LogP contribution in [0.3, 0.4) is 0 Å². The number of carbonyl (C=O) groups is 1. The number of nitrogens with zero attached hydrogens (tertiary/aromatic N) is 1. The highest BCUT2D eigenvalue weighted by Crippen LogP contribution is 2.38. The molecular weight excluding hydrogens is 293 g/mol. The molecule has 0 radical (unpaired) electrons. The van der Waals surface area contributed by atoms with Crippen molar-refractivity contribution in [1.29, 1.82) is 0 Å². The van der Waals surface area contributed by atoms with E-state index < -0.39 is 0 Å². The molecule has 0 aliphatic carbocycles. The highest BCUT2D eigenvalue weighted by molar-refractivity contribution is 6.33. The highest BCUT2D eigenvalue weighted by Gasteiger charge is 2.40. The molecule has 2 bridgehead atoms. The van der Waals surface area contributed by atoms with Crippen molar-refractivity contribution in [2.24, 2.45) is 5.92 Å². The summed E-state index contributed by atoms with van der Waals surface area (Å²) >= 11 is 12.1. The van der Waals surface area contributed by atoms with Crippen LogP contribution in [0, 0.1) is 5.92 Å². The number of hydrogen-bond donors (Lipinski definition) is 0. The molecule has 0 spiro atoms. The SMILES string of the molecule is CN1C2CCC1CC(C(=O)Cc1cc(Cl)ccc1Cl)C2. The summed E-state index contributed by atoms with van der Waals surface area (Å²) in [7, 11) is 2.19. The van der Waals surface area contributed by atoms with Gasteiger partial charge in [0.2, 0.25) is 0 Å². The summed E-state index contributed by atoms with van der Waals surface area (Å²) in [5, 5.41) is 1.28. The molecule has 2 heterocycles. The maximum Gasteiger partial charge on any atom is 0.140 e. The van der Waals surface area contributed by atoms with Crippen LogP contribution in [0.5, 0.6) is 0 Å². The van der Waals surface area contributed by atoms with Crippen molar-refractivity contribution in [3.8, 4) is 0 Å². The van der Waals surface area contributed by atoms with E-state index in [0.29, 0.717) is 34.3 Å². The lowest BCUT2D eigenvalue weighted by atomic mass is 9.85. The fraction of sp³-hybridized carbons (Fsp3) is 0.562. The molecule has 1 aromatic rings. The van der Waals surface area contributed by atoms with Crippen molar-refractivity contribution in [1.82, 2.24) is 4.90 Å². The van der Waals surface area contributed by atoms with Gasteiger partial charge in [-0.05, 0) is 56.5 Å². The van der Waals surface area contributed by atoms with E-state index >= 15 is 0 Å². The number of halogens is 2. The van der Waals surface area contributed by atoms with Gasteiger partial charge in [-0.25, -0.2) is 0 Å². The largest absolute Gasteiger partial charge is 0.300 e. The Kier molecular flexibility index (Phi) is 4.07. The fourth-order valence-corrected chi connectivity index (χ4v) is 4.06. The van der Waals surface area contributed by atoms with Gasteiger partial charge in [-0.1, -0.05) is 23.2 Å². The minimum atomic E-state index is 0.193. The first kappa shape index (κ1) is 14.4. The average molecular weight is 312 g/mol. The van der Waals surface area contributed by atoms with E-state index in [9.17, 15) is 4.79 Å². The summed E-state index contributed by atoms with van der Waals surface area (Å²) in [6.07, 6.45) is 4.90. The molecule has 108 valence electrons. The van der Waals surface area contributed by atoms with E-state index in [1.54, 1.807) is 12.1 Å². The lowest BCUT2D eigenvalue weighted by molar-refractivity contribution is -0.124. The van der Waals surface area contributed by atoms with E-state index in [0.717, 1.165) is 18.4 Å². The van der Waals surface area contributed by atoms with E-state index in [2.05, 4.69) is 11.9 Å². The second-order valence-corrected chi connectivity index (χ2v) is 6.94. The maximum atomic E-state index is 12.5. The molecule has 2 saturated heterocycles. The normalized spacial score (nSPS) is 29.6. The standard InChI is InChI=1S/C16H19Cl2NO/c1-19-13-3-4-14(19)8-11(7-13)16(20)9-10-6-12(17)2-5-15(10)18/h2,5-6,11,13-14H,3-4,7-9H2,1H3. The molecule has 0 aromatic heterocycles. The van der Waals surface area contributed by atoms with Crippen LogP contribution in [0.25, 0.3) is 0 Å². The van der Waals surface area contributed by atoms with Gasteiger partial charge in [0.05, 0.1) is 0 Å². The van der Waals surface area contributed by atoms with E-state index in [4.69, 9.17) is 23.2 Å². The molecule has 1 aromatic carbocycles. The Bertz CT molecular complexity index is 517. The number of ketones is 1. The molecule has 0 amide bonds. The van der Waals surface area contributed by atoms with Crippen molar-refractivity contribution in [2.75, 3.05) is 7.05 Å². The van der Waals surface area contributed by atoms with Gasteiger partial charge in [-0.2, -0.15) is 0 Å². The van der Waals surface area contributed by atoms with Gasteiger partial charge in [0, 0.05) is 34.5 Å². The third kappa shape index (κ3) is 2.74. The lowest BCUT2D eigenvalue weighted by Crippen LogP contribution is -2.42. The first-order valence-corrected chi connectivity index (χ1v) is 7.98. The minimum Gasteiger partial charge on any atom is -0.300 e. The Morgan fingerprint density at radius 3 is 2.55 bits per heavy atom. The number of carbonyl (C=O) groups excluding carboxylic acids is 1. The number of fused-ring (bicyclic) bond motifs is 2. The Morgan fingerprint density at radius 1 is 1.25 bits per heavy atom. The summed E-state index contributed by atoms with van der Waals surface area (Å²) in [5.41, 5.74) is 0.857. The molecule has 3 rings (SSSR count). The van der Waals surface area contributed by atoms with Crippen LogP contribution in [0.2, 0.25) is 10.0 Å². The number of benzene rings is 1. The Morgan fingerprint density at radius 2 is 1.90 bits per heavy atom. The molecule has 2 nitrogen and oxygen atoms in total. The Hall–Kier alpha value is -0.570. The van der Waals surface area contributed by atoms with Gasteiger partial charge in [-0.3, -0.25) is 4.79 Å². The third-order valence-corrected chi connectivity index (χ3v) is 5.53. The smallest absolute Gasteiger partial charge is 0.140 e. The average Bonchev–Trinajstić information content (AvgIpc) is 2.65. The quantitative estimate of drug-likeness (QED) is 0.841. The van der Waals surface area contributed by atoms with E-state index in [-0.39, 0.29) is 5.92 Å². The van der Waals surface area contributed by atoms with Gasteiger partial charge >= 0.3 is 0 Å². The Labute approximate surface area is 130 Å². The molecule has 0 saturated carbocycles. The molecule has 2 aliphatic rings. The zero-order valence-electron chi connectivity index (χ0n) is 11.6. The first-order chi connectivity index (χ1) is 9.54. The fourth-order valence-electron chi connectivity index (χ4n) is 3.69. The zero-order chi connectivity index (χ0) is 14.3. The van der Waals surface area contributed by atoms with Gasteiger partial charge < -0.3 is 4.90 Å². The van der Waals surface area contributed by atoms with Crippen molar-refractivity contribution in [3.63, 3.8) is 0 Å². The van der Waals surface area contributed by atoms with Crippen molar-refractivity contribution in [2.45, 2.75) is 44.2 Å². The molecule has 2 unspecified atom stereocenters. The molecule has 4 heteroatoms. The van der Waals surface area contributed by atoms with Gasteiger partial charge in [0.1, 0.15) is 5.78 Å². The van der Waals surface area contributed by atoms with Crippen molar-refractivity contribution >= 4 is 29.0 Å². The zero-order valence-corrected chi connectivity index (χ0v) is 13.1. The van der Waals surface area contributed by atoms with Gasteiger partial charge in [0.15, 0.2) is 0 Å². The van der Waals surface area contributed by atoms with Gasteiger partial charge in [0.25, 0.3) is 0 Å². The summed E-state index contributed by atoms with van der Waals surface area (Å²) in [5.74, 6) is 0.512. The second kappa shape index (κ2) is 5.67. The second-order valence-electron chi connectivity index (χ2n) is 6.10. The molecule has 0 N–H and O–H groups in total. The molecule has 20 heavy (non-hydrogen) atoms. The molecular formula is C16H19Cl2NO. The predicted molar refractivity (Wildman–Crippen MR) is 82.5 cm³/mol. The number of Topliss-reactive ketones (excluding diaryl/α,β-unsaturated/α-hetero) is 1. The van der Waals surface area contributed by atoms with Crippen molar-refractivity contribution < 1.29 is 4.79 Å². The van der Waals surface area contributed by atoms with Crippen LogP contribution in [0.15, 0.2) is 18.2 Å². The van der Waals surface area contributed by atoms with Crippen LogP contribution in [-0.2, 0) is 11.2 Å². The Balaban J connectivity index is 1.69. The minimum absolute atomic E-state index is 0.193. The monoisotopic (exact) mass is 311 g/mol.